The fourth-order valence-corrected chi connectivity index (χ4v) is 3.50. The first-order valence-electron chi connectivity index (χ1n) is 7.16. The van der Waals surface area contributed by atoms with Gasteiger partial charge in [-0.1, -0.05) is 13.8 Å². The van der Waals surface area contributed by atoms with Gasteiger partial charge in [0.1, 0.15) is 0 Å². The molecule has 0 saturated carbocycles. The Kier molecular flexibility index (Phi) is 3.97. The maximum atomic E-state index is 12.8. The van der Waals surface area contributed by atoms with Crippen LogP contribution in [-0.2, 0) is 4.79 Å². The molecular formula is C14H27N3O. The number of likely N-dealkylation sites (N-methyl/N-ethyl adjacent to an activating group) is 1. The number of nitrogens with one attached hydrogen (secondary N) is 1. The molecule has 2 rings (SSSR count). The fourth-order valence-electron chi connectivity index (χ4n) is 3.50. The van der Waals surface area contributed by atoms with Crippen molar-refractivity contribution in [3.8, 4) is 0 Å². The summed E-state index contributed by atoms with van der Waals surface area (Å²) in [5.74, 6) is 0.957. The van der Waals surface area contributed by atoms with E-state index >= 15 is 0 Å². The first-order chi connectivity index (χ1) is 8.50. The highest BCUT2D eigenvalue weighted by molar-refractivity contribution is 5.83. The molecule has 1 N–H and O–H groups in total. The van der Waals surface area contributed by atoms with Crippen molar-refractivity contribution < 1.29 is 4.79 Å². The molecule has 2 aliphatic rings. The molecule has 4 nitrogen and oxygen atoms in total. The van der Waals surface area contributed by atoms with Crippen LogP contribution in [0.3, 0.4) is 0 Å². The minimum absolute atomic E-state index is 0.124. The zero-order valence-corrected chi connectivity index (χ0v) is 12.2. The number of hydrogen-bond acceptors (Lipinski definition) is 3. The first kappa shape index (κ1) is 13.8. The minimum Gasteiger partial charge on any atom is -0.340 e. The second-order valence-electron chi connectivity index (χ2n) is 6.28. The van der Waals surface area contributed by atoms with Crippen molar-refractivity contribution in [1.82, 2.24) is 15.1 Å². The lowest BCUT2D eigenvalue weighted by atomic mass is 9.83. The van der Waals surface area contributed by atoms with Gasteiger partial charge in [-0.05, 0) is 39.4 Å². The molecule has 0 spiro atoms. The van der Waals surface area contributed by atoms with E-state index in [1.807, 2.05) is 0 Å². The molecule has 104 valence electrons. The zero-order valence-electron chi connectivity index (χ0n) is 12.2. The number of nitrogens with zero attached hydrogens (tertiary/aromatic N) is 2. The van der Waals surface area contributed by atoms with E-state index in [2.05, 4.69) is 43.1 Å². The van der Waals surface area contributed by atoms with E-state index in [0.29, 0.717) is 17.9 Å². The van der Waals surface area contributed by atoms with Crippen LogP contribution in [0, 0.1) is 11.3 Å². The largest absolute Gasteiger partial charge is 0.340 e. The normalized spacial score (nSPS) is 36.6. The minimum atomic E-state index is -0.124. The quantitative estimate of drug-likeness (QED) is 0.807. The van der Waals surface area contributed by atoms with Gasteiger partial charge >= 0.3 is 0 Å². The fraction of sp³-hybridized carbons (Fsp3) is 0.929. The Balaban J connectivity index is 2.06. The highest BCUT2D eigenvalue weighted by atomic mass is 16.2. The van der Waals surface area contributed by atoms with Crippen molar-refractivity contribution in [3.05, 3.63) is 0 Å². The smallest absolute Gasteiger partial charge is 0.230 e. The number of amides is 1. The van der Waals surface area contributed by atoms with Crippen molar-refractivity contribution >= 4 is 5.91 Å². The Labute approximate surface area is 111 Å². The molecule has 2 saturated heterocycles. The van der Waals surface area contributed by atoms with E-state index in [1.54, 1.807) is 0 Å². The van der Waals surface area contributed by atoms with E-state index in [9.17, 15) is 4.79 Å². The molecule has 3 unspecified atom stereocenters. The van der Waals surface area contributed by atoms with Crippen LogP contribution in [-0.4, -0.2) is 62.0 Å². The third-order valence-corrected chi connectivity index (χ3v) is 4.90. The first-order valence-corrected chi connectivity index (χ1v) is 7.16. The number of hydrogen-bond donors (Lipinski definition) is 1. The molecule has 0 radical (unpaired) electrons. The highest BCUT2D eigenvalue weighted by Crippen LogP contribution is 2.34. The van der Waals surface area contributed by atoms with Crippen LogP contribution in [0.15, 0.2) is 0 Å². The van der Waals surface area contributed by atoms with Crippen LogP contribution >= 0.6 is 0 Å². The van der Waals surface area contributed by atoms with Gasteiger partial charge in [0.15, 0.2) is 0 Å². The molecule has 1 amide bonds. The van der Waals surface area contributed by atoms with E-state index < -0.39 is 0 Å². The average Bonchev–Trinajstić information content (AvgIpc) is 2.95. The van der Waals surface area contributed by atoms with Crippen LogP contribution in [0.4, 0.5) is 0 Å². The summed E-state index contributed by atoms with van der Waals surface area (Å²) >= 11 is 0. The maximum absolute atomic E-state index is 12.8. The van der Waals surface area contributed by atoms with Gasteiger partial charge in [-0.15, -0.1) is 0 Å². The lowest BCUT2D eigenvalue weighted by Gasteiger charge is -2.31. The standard InChI is InChI=1S/C14H27N3O/c1-5-14(6-7-15-10-14)13(18)17-8-11(2)12(9-17)16(3)4/h11-12,15H,5-10H2,1-4H3. The topological polar surface area (TPSA) is 35.6 Å². The van der Waals surface area contributed by atoms with E-state index in [1.165, 1.54) is 0 Å². The Morgan fingerprint density at radius 3 is 2.61 bits per heavy atom. The van der Waals surface area contributed by atoms with Gasteiger partial charge in [-0.25, -0.2) is 0 Å². The summed E-state index contributed by atoms with van der Waals surface area (Å²) in [5.41, 5.74) is -0.124. The third kappa shape index (κ3) is 2.28. The molecule has 0 aromatic heterocycles. The summed E-state index contributed by atoms with van der Waals surface area (Å²) in [7, 11) is 4.23. The monoisotopic (exact) mass is 253 g/mol. The molecule has 0 aliphatic carbocycles. The van der Waals surface area contributed by atoms with Gasteiger partial charge in [0.25, 0.3) is 0 Å². The molecule has 0 aromatic rings. The summed E-state index contributed by atoms with van der Waals surface area (Å²) < 4.78 is 0. The molecule has 0 bridgehead atoms. The molecule has 3 atom stereocenters. The van der Waals surface area contributed by atoms with Crippen molar-refractivity contribution in [1.29, 1.82) is 0 Å². The van der Waals surface area contributed by atoms with Crippen LogP contribution in [0.25, 0.3) is 0 Å². The lowest BCUT2D eigenvalue weighted by Crippen LogP contribution is -2.45. The molecule has 2 heterocycles. The third-order valence-electron chi connectivity index (χ3n) is 4.90. The molecule has 2 fully saturated rings. The van der Waals surface area contributed by atoms with Crippen molar-refractivity contribution in [2.75, 3.05) is 40.3 Å². The van der Waals surface area contributed by atoms with Crippen LogP contribution in [0.1, 0.15) is 26.7 Å². The number of rotatable bonds is 3. The van der Waals surface area contributed by atoms with Gasteiger partial charge in [0.2, 0.25) is 5.91 Å². The summed E-state index contributed by atoms with van der Waals surface area (Å²) in [6.07, 6.45) is 1.95. The maximum Gasteiger partial charge on any atom is 0.230 e. The highest BCUT2D eigenvalue weighted by Gasteiger charge is 2.45. The molecule has 0 aromatic carbocycles. The van der Waals surface area contributed by atoms with Crippen molar-refractivity contribution in [2.45, 2.75) is 32.7 Å². The van der Waals surface area contributed by atoms with Gasteiger partial charge in [-0.2, -0.15) is 0 Å². The predicted molar refractivity (Wildman–Crippen MR) is 73.4 cm³/mol. The molecule has 4 heteroatoms. The van der Waals surface area contributed by atoms with E-state index in [4.69, 9.17) is 0 Å². The Bertz CT molecular complexity index is 310. The van der Waals surface area contributed by atoms with E-state index in [-0.39, 0.29) is 5.41 Å². The molecular weight excluding hydrogens is 226 g/mol. The van der Waals surface area contributed by atoms with Crippen LogP contribution in [0.2, 0.25) is 0 Å². The second-order valence-corrected chi connectivity index (χ2v) is 6.28. The van der Waals surface area contributed by atoms with Gasteiger partial charge < -0.3 is 15.1 Å². The lowest BCUT2D eigenvalue weighted by molar-refractivity contribution is -0.140. The van der Waals surface area contributed by atoms with Crippen molar-refractivity contribution in [2.24, 2.45) is 11.3 Å². The van der Waals surface area contributed by atoms with Crippen LogP contribution in [0.5, 0.6) is 0 Å². The van der Waals surface area contributed by atoms with Gasteiger partial charge in [0.05, 0.1) is 5.41 Å². The summed E-state index contributed by atoms with van der Waals surface area (Å²) in [5, 5.41) is 3.36. The Hall–Kier alpha value is -0.610. The summed E-state index contributed by atoms with van der Waals surface area (Å²) in [4.78, 5) is 17.1. The van der Waals surface area contributed by atoms with Gasteiger partial charge in [0, 0.05) is 25.7 Å². The summed E-state index contributed by atoms with van der Waals surface area (Å²) in [6.45, 7) is 8.06. The number of carbonyl (C=O) groups excluding carboxylic acids is 1. The van der Waals surface area contributed by atoms with E-state index in [0.717, 1.165) is 39.0 Å². The van der Waals surface area contributed by atoms with Crippen LogP contribution < -0.4 is 5.32 Å². The molecule has 2 aliphatic heterocycles. The second kappa shape index (κ2) is 5.17. The SMILES string of the molecule is CCC1(C(=O)N2CC(C)C(N(C)C)C2)CCNC1. The number of likely N-dealkylation sites (tertiary alicyclic amines) is 1. The zero-order chi connectivity index (χ0) is 13.3. The predicted octanol–water partition coefficient (Wildman–Crippen LogP) is 0.785. The Morgan fingerprint density at radius 1 is 1.44 bits per heavy atom. The average molecular weight is 253 g/mol. The van der Waals surface area contributed by atoms with Crippen molar-refractivity contribution in [3.63, 3.8) is 0 Å². The summed E-state index contributed by atoms with van der Waals surface area (Å²) in [6, 6.07) is 0.511. The van der Waals surface area contributed by atoms with Gasteiger partial charge in [-0.3, -0.25) is 4.79 Å². The molecule has 18 heavy (non-hydrogen) atoms. The number of carbonyl (C=O) groups is 1. The Morgan fingerprint density at radius 2 is 2.17 bits per heavy atom.